The number of nitrogens with zero attached hydrogens (tertiary/aromatic N) is 1. The molecule has 0 bridgehead atoms. The van der Waals surface area contributed by atoms with Crippen molar-refractivity contribution >= 4 is 21.4 Å². The van der Waals surface area contributed by atoms with Crippen LogP contribution in [0.15, 0.2) is 40.7 Å². The molecule has 0 amide bonds. The number of benzene rings is 1. The van der Waals surface area contributed by atoms with Crippen LogP contribution in [0, 0.1) is 0 Å². The van der Waals surface area contributed by atoms with Gasteiger partial charge in [-0.05, 0) is 17.7 Å². The maximum Gasteiger partial charge on any atom is 0.240 e. The molecule has 5 nitrogen and oxygen atoms in total. The normalized spacial score (nSPS) is 11.6. The Labute approximate surface area is 109 Å². The zero-order valence-electron chi connectivity index (χ0n) is 9.41. The molecule has 1 aromatic carbocycles. The molecule has 2 N–H and O–H groups in total. The Bertz CT molecular complexity index is 609. The highest BCUT2D eigenvalue weighted by Gasteiger charge is 2.14. The van der Waals surface area contributed by atoms with Crippen LogP contribution in [0.1, 0.15) is 10.6 Å². The van der Waals surface area contributed by atoms with Crippen molar-refractivity contribution in [1.29, 1.82) is 0 Å². The van der Waals surface area contributed by atoms with E-state index in [9.17, 15) is 8.42 Å². The van der Waals surface area contributed by atoms with Gasteiger partial charge in [0, 0.05) is 11.6 Å². The van der Waals surface area contributed by atoms with Crippen molar-refractivity contribution in [3.63, 3.8) is 0 Å². The fraction of sp³-hybridized carbons (Fsp3) is 0.182. The summed E-state index contributed by atoms with van der Waals surface area (Å²) >= 11 is 1.39. The summed E-state index contributed by atoms with van der Waals surface area (Å²) in [7, 11) is -3.56. The molecule has 96 valence electrons. The Hall–Kier alpha value is -1.28. The molecule has 18 heavy (non-hydrogen) atoms. The van der Waals surface area contributed by atoms with Gasteiger partial charge in [-0.25, -0.2) is 18.1 Å². The van der Waals surface area contributed by atoms with Gasteiger partial charge in [-0.1, -0.05) is 12.1 Å². The van der Waals surface area contributed by atoms with Gasteiger partial charge >= 0.3 is 0 Å². The topological polar surface area (TPSA) is 79.3 Å². The molecule has 0 aliphatic carbocycles. The van der Waals surface area contributed by atoms with Gasteiger partial charge in [-0.15, -0.1) is 11.3 Å². The third kappa shape index (κ3) is 3.14. The van der Waals surface area contributed by atoms with Crippen LogP contribution >= 0.6 is 11.3 Å². The predicted octanol–water partition coefficient (Wildman–Crippen LogP) is 1.11. The van der Waals surface area contributed by atoms with E-state index in [4.69, 9.17) is 5.11 Å². The summed E-state index contributed by atoms with van der Waals surface area (Å²) in [5, 5.41) is 11.5. The van der Waals surface area contributed by atoms with Gasteiger partial charge in [0.25, 0.3) is 0 Å². The van der Waals surface area contributed by atoms with E-state index in [0.717, 1.165) is 0 Å². The molecule has 0 fully saturated rings. The highest BCUT2D eigenvalue weighted by atomic mass is 32.2. The Morgan fingerprint density at radius 2 is 2.22 bits per heavy atom. The summed E-state index contributed by atoms with van der Waals surface area (Å²) < 4.78 is 26.4. The average Bonchev–Trinajstić information content (AvgIpc) is 2.90. The molecule has 0 radical (unpaired) electrons. The van der Waals surface area contributed by atoms with E-state index >= 15 is 0 Å². The lowest BCUT2D eigenvalue weighted by Crippen LogP contribution is -2.23. The fourth-order valence-corrected chi connectivity index (χ4v) is 3.10. The number of aliphatic hydroxyl groups is 1. The summed E-state index contributed by atoms with van der Waals surface area (Å²) in [4.78, 5) is 4.14. The van der Waals surface area contributed by atoms with E-state index < -0.39 is 10.0 Å². The van der Waals surface area contributed by atoms with Gasteiger partial charge in [0.15, 0.2) is 0 Å². The summed E-state index contributed by atoms with van der Waals surface area (Å²) in [5.74, 6) is 0. The smallest absolute Gasteiger partial charge is 0.240 e. The molecule has 1 heterocycles. The number of rotatable bonds is 5. The molecular formula is C11H12N2O3S2. The van der Waals surface area contributed by atoms with Crippen molar-refractivity contribution in [2.45, 2.75) is 18.0 Å². The monoisotopic (exact) mass is 284 g/mol. The Kier molecular flexibility index (Phi) is 4.07. The van der Waals surface area contributed by atoms with Crippen LogP contribution < -0.4 is 4.72 Å². The van der Waals surface area contributed by atoms with E-state index in [0.29, 0.717) is 10.6 Å². The summed E-state index contributed by atoms with van der Waals surface area (Å²) in [6, 6.07) is 6.21. The minimum absolute atomic E-state index is 0.144. The first-order chi connectivity index (χ1) is 8.62. The molecule has 0 aliphatic heterocycles. The molecule has 2 aromatic rings. The third-order valence-corrected chi connectivity index (χ3v) is 4.47. The second kappa shape index (κ2) is 5.57. The van der Waals surface area contributed by atoms with Crippen molar-refractivity contribution in [1.82, 2.24) is 9.71 Å². The first-order valence-corrected chi connectivity index (χ1v) is 7.56. The van der Waals surface area contributed by atoms with Gasteiger partial charge < -0.3 is 5.11 Å². The fourth-order valence-electron chi connectivity index (χ4n) is 1.39. The minimum Gasteiger partial charge on any atom is -0.392 e. The Morgan fingerprint density at radius 1 is 1.39 bits per heavy atom. The maximum absolute atomic E-state index is 12.0. The van der Waals surface area contributed by atoms with Crippen LogP contribution in [0.4, 0.5) is 0 Å². The van der Waals surface area contributed by atoms with Crippen LogP contribution in [0.25, 0.3) is 0 Å². The first-order valence-electron chi connectivity index (χ1n) is 5.19. The largest absolute Gasteiger partial charge is 0.392 e. The highest BCUT2D eigenvalue weighted by Crippen LogP contribution is 2.12. The Morgan fingerprint density at radius 3 is 2.89 bits per heavy atom. The predicted molar refractivity (Wildman–Crippen MR) is 68.5 cm³/mol. The molecular weight excluding hydrogens is 272 g/mol. The van der Waals surface area contributed by atoms with Crippen molar-refractivity contribution in [2.24, 2.45) is 0 Å². The molecule has 0 saturated heterocycles. The van der Waals surface area contributed by atoms with E-state index in [-0.39, 0.29) is 18.0 Å². The number of thiazole rings is 1. The third-order valence-electron chi connectivity index (χ3n) is 2.29. The maximum atomic E-state index is 12.0. The van der Waals surface area contributed by atoms with Gasteiger partial charge in [-0.2, -0.15) is 0 Å². The molecule has 0 atom stereocenters. The zero-order chi connectivity index (χ0) is 13.0. The molecule has 7 heteroatoms. The van der Waals surface area contributed by atoms with E-state index in [1.165, 1.54) is 23.5 Å². The SMILES string of the molecule is O=S(=O)(NCc1nccs1)c1cccc(CO)c1. The highest BCUT2D eigenvalue weighted by molar-refractivity contribution is 7.89. The number of hydrogen-bond donors (Lipinski definition) is 2. The standard InChI is InChI=1S/C11H12N2O3S2/c14-8-9-2-1-3-10(6-9)18(15,16)13-7-11-12-4-5-17-11/h1-6,13-14H,7-8H2. The lowest BCUT2D eigenvalue weighted by atomic mass is 10.2. The molecule has 2 rings (SSSR count). The lowest BCUT2D eigenvalue weighted by molar-refractivity contribution is 0.281. The van der Waals surface area contributed by atoms with Crippen molar-refractivity contribution in [3.8, 4) is 0 Å². The second-order valence-corrected chi connectivity index (χ2v) is 6.30. The summed E-state index contributed by atoms with van der Waals surface area (Å²) in [5.41, 5.74) is 0.562. The number of nitrogens with one attached hydrogen (secondary N) is 1. The van der Waals surface area contributed by atoms with Crippen molar-refractivity contribution < 1.29 is 13.5 Å². The minimum atomic E-state index is -3.56. The summed E-state index contributed by atoms with van der Waals surface area (Å²) in [6.45, 7) is -0.0147. The van der Waals surface area contributed by atoms with E-state index in [1.54, 1.807) is 23.7 Å². The van der Waals surface area contributed by atoms with E-state index in [1.807, 2.05) is 0 Å². The molecule has 1 aromatic heterocycles. The van der Waals surface area contributed by atoms with Gasteiger partial charge in [-0.3, -0.25) is 0 Å². The number of sulfonamides is 1. The van der Waals surface area contributed by atoms with E-state index in [2.05, 4.69) is 9.71 Å². The number of hydrogen-bond acceptors (Lipinski definition) is 5. The second-order valence-electron chi connectivity index (χ2n) is 3.56. The van der Waals surface area contributed by atoms with Crippen LogP contribution in [-0.4, -0.2) is 18.5 Å². The van der Waals surface area contributed by atoms with Crippen molar-refractivity contribution in [2.75, 3.05) is 0 Å². The van der Waals surface area contributed by atoms with Gasteiger partial charge in [0.1, 0.15) is 5.01 Å². The number of aromatic nitrogens is 1. The van der Waals surface area contributed by atoms with Crippen LogP contribution in [0.3, 0.4) is 0 Å². The average molecular weight is 284 g/mol. The number of aliphatic hydroxyl groups excluding tert-OH is 1. The zero-order valence-corrected chi connectivity index (χ0v) is 11.0. The van der Waals surface area contributed by atoms with Crippen LogP contribution in [0.2, 0.25) is 0 Å². The molecule has 0 saturated carbocycles. The first kappa shape index (κ1) is 13.2. The quantitative estimate of drug-likeness (QED) is 0.862. The van der Waals surface area contributed by atoms with Gasteiger partial charge in [0.2, 0.25) is 10.0 Å². The van der Waals surface area contributed by atoms with Crippen LogP contribution in [-0.2, 0) is 23.2 Å². The Balaban J connectivity index is 2.14. The van der Waals surface area contributed by atoms with Gasteiger partial charge in [0.05, 0.1) is 18.0 Å². The summed E-state index contributed by atoms with van der Waals surface area (Å²) in [6.07, 6.45) is 1.63. The lowest BCUT2D eigenvalue weighted by Gasteiger charge is -2.06. The molecule has 0 spiro atoms. The van der Waals surface area contributed by atoms with Crippen LogP contribution in [0.5, 0.6) is 0 Å². The molecule has 0 unspecified atom stereocenters. The molecule has 0 aliphatic rings. The van der Waals surface area contributed by atoms with Crippen molar-refractivity contribution in [3.05, 3.63) is 46.4 Å².